The van der Waals surface area contributed by atoms with E-state index in [1.165, 1.54) is 6.26 Å². The van der Waals surface area contributed by atoms with Gasteiger partial charge in [0.05, 0.1) is 12.1 Å². The van der Waals surface area contributed by atoms with E-state index in [1.54, 1.807) is 43.3 Å². The second-order valence-corrected chi connectivity index (χ2v) is 4.65. The number of carbonyl (C=O) groups excluding carboxylic acids is 1. The van der Waals surface area contributed by atoms with Crippen molar-refractivity contribution in [1.82, 2.24) is 10.5 Å². The van der Waals surface area contributed by atoms with Gasteiger partial charge in [-0.1, -0.05) is 42.4 Å². The van der Waals surface area contributed by atoms with E-state index in [0.29, 0.717) is 11.3 Å². The molecule has 2 rings (SSSR count). The van der Waals surface area contributed by atoms with E-state index in [1.807, 2.05) is 0 Å². The lowest BCUT2D eigenvalue weighted by molar-refractivity contribution is -0.148. The van der Waals surface area contributed by atoms with Crippen LogP contribution in [0.25, 0.3) is 0 Å². The molecule has 110 valence electrons. The van der Waals surface area contributed by atoms with Crippen LogP contribution in [0.3, 0.4) is 0 Å². The fourth-order valence-electron chi connectivity index (χ4n) is 2.19. The van der Waals surface area contributed by atoms with Gasteiger partial charge in [-0.3, -0.25) is 4.79 Å². The Kier molecular flexibility index (Phi) is 4.37. The van der Waals surface area contributed by atoms with Crippen LogP contribution < -0.4 is 5.32 Å². The summed E-state index contributed by atoms with van der Waals surface area (Å²) in [4.78, 5) is 23.8. The zero-order chi connectivity index (χ0) is 15.3. The van der Waals surface area contributed by atoms with Crippen LogP contribution in [0.4, 0.5) is 0 Å². The fraction of sp³-hybridized carbons (Fsp3) is 0.267. The monoisotopic (exact) mass is 288 g/mol. The molecule has 0 saturated carbocycles. The van der Waals surface area contributed by atoms with Crippen molar-refractivity contribution in [3.8, 4) is 0 Å². The minimum atomic E-state index is -1.44. The van der Waals surface area contributed by atoms with Gasteiger partial charge in [-0.2, -0.15) is 0 Å². The molecule has 1 heterocycles. The Labute approximate surface area is 121 Å². The second-order valence-electron chi connectivity index (χ2n) is 4.65. The molecule has 0 aliphatic rings. The lowest BCUT2D eigenvalue weighted by Gasteiger charge is -2.29. The standard InChI is InChI=1S/C15H16N2O4/c1-2-15(14(19)20,11-6-4-3-5-7-11)16-13(18)10-12-8-9-21-17-12/h3-9H,2,10H2,1H3,(H,16,18)(H,19,20). The largest absolute Gasteiger partial charge is 0.479 e. The third-order valence-corrected chi connectivity index (χ3v) is 3.35. The Bertz CT molecular complexity index is 610. The Morgan fingerprint density at radius 3 is 2.52 bits per heavy atom. The number of nitrogens with zero attached hydrogens (tertiary/aromatic N) is 1. The number of hydrogen-bond donors (Lipinski definition) is 2. The first-order valence-corrected chi connectivity index (χ1v) is 6.57. The summed E-state index contributed by atoms with van der Waals surface area (Å²) in [5, 5.41) is 15.9. The molecule has 0 fully saturated rings. The second kappa shape index (κ2) is 6.21. The molecule has 1 unspecified atom stereocenters. The van der Waals surface area contributed by atoms with Gasteiger partial charge in [-0.25, -0.2) is 4.79 Å². The molecule has 0 radical (unpaired) electrons. The summed E-state index contributed by atoms with van der Waals surface area (Å²) in [6.07, 6.45) is 1.57. The molecule has 6 nitrogen and oxygen atoms in total. The van der Waals surface area contributed by atoms with Crippen molar-refractivity contribution in [2.75, 3.05) is 0 Å². The molecule has 0 aliphatic heterocycles. The molecule has 0 bridgehead atoms. The predicted molar refractivity (Wildman–Crippen MR) is 74.4 cm³/mol. The highest BCUT2D eigenvalue weighted by Gasteiger charge is 2.40. The zero-order valence-electron chi connectivity index (χ0n) is 11.6. The van der Waals surface area contributed by atoms with Crippen LogP contribution in [0, 0.1) is 0 Å². The average molecular weight is 288 g/mol. The molecule has 2 aromatic rings. The summed E-state index contributed by atoms with van der Waals surface area (Å²) in [5.41, 5.74) is -0.452. The fourth-order valence-corrected chi connectivity index (χ4v) is 2.19. The molecule has 1 atom stereocenters. The third kappa shape index (κ3) is 3.10. The van der Waals surface area contributed by atoms with E-state index in [9.17, 15) is 14.7 Å². The average Bonchev–Trinajstić information content (AvgIpc) is 2.98. The number of carboxylic acids is 1. The number of aromatic nitrogens is 1. The highest BCUT2D eigenvalue weighted by Crippen LogP contribution is 2.25. The van der Waals surface area contributed by atoms with Gasteiger partial charge in [-0.15, -0.1) is 0 Å². The van der Waals surface area contributed by atoms with E-state index in [4.69, 9.17) is 0 Å². The van der Waals surface area contributed by atoms with Crippen molar-refractivity contribution in [2.45, 2.75) is 25.3 Å². The number of amides is 1. The maximum absolute atomic E-state index is 12.1. The van der Waals surface area contributed by atoms with Crippen molar-refractivity contribution in [3.05, 3.63) is 53.9 Å². The lowest BCUT2D eigenvalue weighted by atomic mass is 9.87. The number of benzene rings is 1. The van der Waals surface area contributed by atoms with Gasteiger partial charge in [0.1, 0.15) is 6.26 Å². The Morgan fingerprint density at radius 1 is 1.29 bits per heavy atom. The van der Waals surface area contributed by atoms with Crippen LogP contribution in [0.15, 0.2) is 47.2 Å². The highest BCUT2D eigenvalue weighted by molar-refractivity contribution is 5.88. The van der Waals surface area contributed by atoms with Crippen LogP contribution in [-0.4, -0.2) is 22.1 Å². The van der Waals surface area contributed by atoms with Crippen molar-refractivity contribution < 1.29 is 19.2 Å². The van der Waals surface area contributed by atoms with E-state index in [2.05, 4.69) is 15.0 Å². The van der Waals surface area contributed by atoms with Gasteiger partial charge in [0.25, 0.3) is 0 Å². The van der Waals surface area contributed by atoms with Crippen LogP contribution >= 0.6 is 0 Å². The third-order valence-electron chi connectivity index (χ3n) is 3.35. The molecule has 0 saturated heterocycles. The SMILES string of the molecule is CCC(NC(=O)Cc1ccon1)(C(=O)O)c1ccccc1. The van der Waals surface area contributed by atoms with Gasteiger partial charge >= 0.3 is 5.97 Å². The first-order chi connectivity index (χ1) is 10.1. The van der Waals surface area contributed by atoms with E-state index >= 15 is 0 Å². The van der Waals surface area contributed by atoms with Crippen LogP contribution in [-0.2, 0) is 21.5 Å². The Balaban J connectivity index is 2.25. The predicted octanol–water partition coefficient (Wildman–Crippen LogP) is 1.72. The van der Waals surface area contributed by atoms with Gasteiger partial charge in [0, 0.05) is 6.07 Å². The highest BCUT2D eigenvalue weighted by atomic mass is 16.5. The van der Waals surface area contributed by atoms with Gasteiger partial charge in [0.15, 0.2) is 5.54 Å². The first-order valence-electron chi connectivity index (χ1n) is 6.57. The Hall–Kier alpha value is -2.63. The van der Waals surface area contributed by atoms with Crippen molar-refractivity contribution in [3.63, 3.8) is 0 Å². The Morgan fingerprint density at radius 2 is 2.00 bits per heavy atom. The molecular weight excluding hydrogens is 272 g/mol. The van der Waals surface area contributed by atoms with Gasteiger partial charge < -0.3 is 14.9 Å². The van der Waals surface area contributed by atoms with Gasteiger partial charge in [-0.05, 0) is 12.0 Å². The molecule has 1 aromatic carbocycles. The summed E-state index contributed by atoms with van der Waals surface area (Å²) in [7, 11) is 0. The molecule has 2 N–H and O–H groups in total. The van der Waals surface area contributed by atoms with Crippen molar-refractivity contribution in [1.29, 1.82) is 0 Å². The zero-order valence-corrected chi connectivity index (χ0v) is 11.6. The number of hydrogen-bond acceptors (Lipinski definition) is 4. The smallest absolute Gasteiger partial charge is 0.334 e. The van der Waals surface area contributed by atoms with Crippen molar-refractivity contribution >= 4 is 11.9 Å². The minimum Gasteiger partial charge on any atom is -0.479 e. The number of carboxylic acid groups (broad SMARTS) is 1. The van der Waals surface area contributed by atoms with Crippen LogP contribution in [0.2, 0.25) is 0 Å². The maximum Gasteiger partial charge on any atom is 0.334 e. The van der Waals surface area contributed by atoms with E-state index in [0.717, 1.165) is 0 Å². The number of rotatable bonds is 6. The number of aliphatic carboxylic acids is 1. The van der Waals surface area contributed by atoms with E-state index in [-0.39, 0.29) is 12.8 Å². The quantitative estimate of drug-likeness (QED) is 0.844. The van der Waals surface area contributed by atoms with Crippen LogP contribution in [0.5, 0.6) is 0 Å². The minimum absolute atomic E-state index is 0.0294. The summed E-state index contributed by atoms with van der Waals surface area (Å²) >= 11 is 0. The van der Waals surface area contributed by atoms with Crippen molar-refractivity contribution in [2.24, 2.45) is 0 Å². The molecule has 21 heavy (non-hydrogen) atoms. The normalized spacial score (nSPS) is 13.4. The molecule has 0 spiro atoms. The number of carbonyl (C=O) groups is 2. The molecule has 1 amide bonds. The molecule has 0 aliphatic carbocycles. The molecule has 1 aromatic heterocycles. The van der Waals surface area contributed by atoms with Crippen LogP contribution in [0.1, 0.15) is 24.6 Å². The van der Waals surface area contributed by atoms with Gasteiger partial charge in [0.2, 0.25) is 5.91 Å². The number of nitrogens with one attached hydrogen (secondary N) is 1. The first kappa shape index (κ1) is 14.8. The maximum atomic E-state index is 12.1. The summed E-state index contributed by atoms with van der Waals surface area (Å²) in [6, 6.07) is 10.2. The summed E-state index contributed by atoms with van der Waals surface area (Å²) < 4.78 is 4.66. The molecular formula is C15H16N2O4. The van der Waals surface area contributed by atoms with E-state index < -0.39 is 17.4 Å². The summed E-state index contributed by atoms with van der Waals surface area (Å²) in [5.74, 6) is -1.51. The lowest BCUT2D eigenvalue weighted by Crippen LogP contribution is -2.52. The molecule has 6 heteroatoms. The summed E-state index contributed by atoms with van der Waals surface area (Å²) in [6.45, 7) is 1.72. The topological polar surface area (TPSA) is 92.4 Å².